The van der Waals surface area contributed by atoms with Crippen LogP contribution in [0, 0.1) is 0 Å². The molecule has 464 valence electrons. The fourth-order valence-electron chi connectivity index (χ4n) is 12.0. The van der Waals surface area contributed by atoms with Crippen molar-refractivity contribution in [3.05, 3.63) is 189 Å². The molecule has 0 amide bonds. The predicted octanol–water partition coefficient (Wildman–Crippen LogP) is 22.5. The Labute approximate surface area is 533 Å². The second-order valence-electron chi connectivity index (χ2n) is 33.7. The Bertz CT molecular complexity index is 4350. The Morgan fingerprint density at radius 2 is 0.551 bits per heavy atom. The van der Waals surface area contributed by atoms with Gasteiger partial charge in [-0.15, -0.1) is 0 Å². The molecule has 3 aromatic heterocycles. The van der Waals surface area contributed by atoms with Gasteiger partial charge >= 0.3 is 0 Å². The number of sulfone groups is 1. The van der Waals surface area contributed by atoms with E-state index in [0.29, 0.717) is 28.0 Å². The lowest BCUT2D eigenvalue weighted by atomic mass is 9.78. The van der Waals surface area contributed by atoms with E-state index in [4.69, 9.17) is 9.97 Å². The minimum absolute atomic E-state index is 0.153. The number of hydrogen-bond acceptors (Lipinski definition) is 4. The Hall–Kier alpha value is -7.35. The highest BCUT2D eigenvalue weighted by atomic mass is 32.2. The number of aromatic nitrogens is 4. The minimum atomic E-state index is -4.27. The van der Waals surface area contributed by atoms with E-state index >= 15 is 8.42 Å². The summed E-state index contributed by atoms with van der Waals surface area (Å²) in [7, 11) is -4.27. The molecule has 0 atom stereocenters. The molecule has 89 heavy (non-hydrogen) atoms. The molecule has 10 rings (SSSR count). The zero-order chi connectivity index (χ0) is 65.3. The van der Waals surface area contributed by atoms with E-state index in [9.17, 15) is 0 Å². The van der Waals surface area contributed by atoms with Crippen LogP contribution in [0.5, 0.6) is 0 Å². The third-order valence-corrected chi connectivity index (χ3v) is 19.8. The molecule has 8 aromatic rings. The van der Waals surface area contributed by atoms with Crippen LogP contribution in [0.1, 0.15) is 233 Å². The van der Waals surface area contributed by atoms with Crippen LogP contribution in [-0.2, 0) is 53.2 Å². The molecule has 5 heterocycles. The number of aromatic amines is 2. The van der Waals surface area contributed by atoms with Crippen LogP contribution in [0.3, 0.4) is 0 Å². The second kappa shape index (κ2) is 22.0. The summed E-state index contributed by atoms with van der Waals surface area (Å²) in [6, 6.07) is 43.2. The standard InChI is InChI=1S/C82H98N4O2S/c1-75(2,3)53-36-49(37-54(44-53)76(4,5)6)70-62-30-31-63(83-62)71(50-38-55(77(7,8)9)45-56(39-50)78(10,11)12)65-34-35-67(85-65)73(52-42-59(81(19,20)21)47-60(43-52)82(22,23)24)74-69(89(87,88)61-28-26-25-27-29-61)48-68(86-74)72(66-33-32-64(70)84-66)51-40-57(79(13,14)15)46-58(41-51)80(16,17)18/h25-48,83,86H,1-24H3. The maximum absolute atomic E-state index is 16.2. The van der Waals surface area contributed by atoms with Crippen LogP contribution < -0.4 is 0 Å². The molecular formula is C82H98N4O2S. The van der Waals surface area contributed by atoms with Gasteiger partial charge in [-0.3, -0.25) is 0 Å². The van der Waals surface area contributed by atoms with Crippen molar-refractivity contribution >= 4 is 56.2 Å². The van der Waals surface area contributed by atoms with E-state index in [1.165, 1.54) is 33.4 Å². The number of nitrogens with one attached hydrogen (secondary N) is 2. The fourth-order valence-corrected chi connectivity index (χ4v) is 13.4. The van der Waals surface area contributed by atoms with Gasteiger partial charge in [0.2, 0.25) is 9.84 Å². The Morgan fingerprint density at radius 1 is 0.292 bits per heavy atom. The number of rotatable bonds is 6. The van der Waals surface area contributed by atoms with Crippen molar-refractivity contribution < 1.29 is 8.42 Å². The third kappa shape index (κ3) is 13.0. The molecule has 0 saturated heterocycles. The molecule has 0 aliphatic carbocycles. The Kier molecular flexibility index (Phi) is 15.9. The van der Waals surface area contributed by atoms with Crippen molar-refractivity contribution in [3.8, 4) is 44.5 Å². The summed E-state index contributed by atoms with van der Waals surface area (Å²) >= 11 is 0. The summed E-state index contributed by atoms with van der Waals surface area (Å²) in [6.07, 6.45) is 8.54. The van der Waals surface area contributed by atoms with Crippen molar-refractivity contribution in [1.82, 2.24) is 19.9 Å². The van der Waals surface area contributed by atoms with Crippen molar-refractivity contribution in [2.24, 2.45) is 0 Å². The number of benzene rings is 5. The van der Waals surface area contributed by atoms with Crippen LogP contribution in [0.15, 0.2) is 131 Å². The first kappa shape index (κ1) is 64.6. The van der Waals surface area contributed by atoms with E-state index < -0.39 is 9.84 Å². The molecule has 0 spiro atoms. The summed E-state index contributed by atoms with van der Waals surface area (Å²) in [6.45, 7) is 54.5. The molecule has 2 N–H and O–H groups in total. The maximum Gasteiger partial charge on any atom is 0.208 e. The molecule has 0 radical (unpaired) electrons. The van der Waals surface area contributed by atoms with Gasteiger partial charge in [-0.05, 0) is 165 Å². The molecule has 2 aliphatic rings. The van der Waals surface area contributed by atoms with Crippen molar-refractivity contribution in [2.45, 2.75) is 219 Å². The summed E-state index contributed by atoms with van der Waals surface area (Å²) in [5.41, 5.74) is 20.9. The first-order valence-corrected chi connectivity index (χ1v) is 33.5. The molecule has 6 nitrogen and oxygen atoms in total. The first-order valence-electron chi connectivity index (χ1n) is 32.0. The zero-order valence-electron chi connectivity index (χ0n) is 58.0. The smallest absolute Gasteiger partial charge is 0.208 e. The molecular weight excluding hydrogens is 1100 g/mol. The first-order chi connectivity index (χ1) is 40.9. The molecule has 8 bridgehead atoms. The molecule has 7 heteroatoms. The molecule has 2 aliphatic heterocycles. The molecule has 0 unspecified atom stereocenters. The Balaban J connectivity index is 1.55. The van der Waals surface area contributed by atoms with E-state index in [2.05, 4.69) is 285 Å². The van der Waals surface area contributed by atoms with Gasteiger partial charge in [-0.1, -0.05) is 257 Å². The van der Waals surface area contributed by atoms with Gasteiger partial charge in [-0.2, -0.15) is 0 Å². The van der Waals surface area contributed by atoms with Crippen molar-refractivity contribution in [2.75, 3.05) is 0 Å². The van der Waals surface area contributed by atoms with E-state index in [1.54, 1.807) is 24.3 Å². The van der Waals surface area contributed by atoms with Crippen LogP contribution in [-0.4, -0.2) is 28.4 Å². The lowest BCUT2D eigenvalue weighted by Crippen LogP contribution is -2.16. The van der Waals surface area contributed by atoms with Gasteiger partial charge in [0, 0.05) is 38.8 Å². The van der Waals surface area contributed by atoms with Crippen LogP contribution in [0.25, 0.3) is 90.9 Å². The topological polar surface area (TPSA) is 91.5 Å². The Morgan fingerprint density at radius 3 is 0.831 bits per heavy atom. The normalized spacial score (nSPS) is 13.8. The van der Waals surface area contributed by atoms with Crippen LogP contribution in [0.4, 0.5) is 0 Å². The highest BCUT2D eigenvalue weighted by Crippen LogP contribution is 2.46. The summed E-state index contributed by atoms with van der Waals surface area (Å²) < 4.78 is 32.3. The highest BCUT2D eigenvalue weighted by molar-refractivity contribution is 7.91. The molecule has 5 aromatic carbocycles. The average molecular weight is 1200 g/mol. The maximum atomic E-state index is 16.2. The quantitative estimate of drug-likeness (QED) is 0.174. The summed E-state index contributed by atoms with van der Waals surface area (Å²) in [4.78, 5) is 20.2. The van der Waals surface area contributed by atoms with Crippen molar-refractivity contribution in [3.63, 3.8) is 0 Å². The van der Waals surface area contributed by atoms with Gasteiger partial charge in [-0.25, -0.2) is 18.4 Å². The monoisotopic (exact) mass is 1200 g/mol. The SMILES string of the molecule is CC(C)(C)c1cc(-c2c3nc(c(-c4cc(C(C)(C)C)cc(C(C)(C)C)c4)c4cc(S(=O)(=O)c5ccccc5)c([nH]4)c(-c4cc(C(C)(C)C)cc(C(C)(C)C)c4)c4nc(c(-c5cc(C(C)(C)C)cc(C(C)(C)C)c5)c5ccc2[nH]5)C=C4)C=C3)cc(C(C)(C)C)c1. The van der Waals surface area contributed by atoms with Crippen molar-refractivity contribution in [1.29, 1.82) is 0 Å². The predicted molar refractivity (Wildman–Crippen MR) is 382 cm³/mol. The van der Waals surface area contributed by atoms with E-state index in [0.717, 1.165) is 72.5 Å². The van der Waals surface area contributed by atoms with Gasteiger partial charge in [0.25, 0.3) is 0 Å². The van der Waals surface area contributed by atoms with Gasteiger partial charge in [0.05, 0.1) is 38.1 Å². The van der Waals surface area contributed by atoms with Gasteiger partial charge in [0.15, 0.2) is 0 Å². The van der Waals surface area contributed by atoms with Gasteiger partial charge < -0.3 is 9.97 Å². The van der Waals surface area contributed by atoms with Crippen LogP contribution in [0.2, 0.25) is 0 Å². The highest BCUT2D eigenvalue weighted by Gasteiger charge is 2.32. The number of nitrogens with zero attached hydrogens (tertiary/aromatic N) is 2. The van der Waals surface area contributed by atoms with Crippen LogP contribution >= 0.6 is 0 Å². The number of fused-ring (bicyclic) bond motifs is 8. The molecule has 0 fully saturated rings. The lowest BCUT2D eigenvalue weighted by Gasteiger charge is -2.26. The lowest BCUT2D eigenvalue weighted by molar-refractivity contribution is 0.568. The third-order valence-electron chi connectivity index (χ3n) is 18.0. The molecule has 0 saturated carbocycles. The van der Waals surface area contributed by atoms with Gasteiger partial charge in [0.1, 0.15) is 0 Å². The van der Waals surface area contributed by atoms with E-state index in [-0.39, 0.29) is 53.1 Å². The fraction of sp³-hybridized carbons (Fsp3) is 0.390. The number of H-pyrrole nitrogens is 2. The minimum Gasteiger partial charge on any atom is -0.354 e. The number of hydrogen-bond donors (Lipinski definition) is 2. The zero-order valence-corrected chi connectivity index (χ0v) is 58.8. The summed E-state index contributed by atoms with van der Waals surface area (Å²) in [5, 5.41) is 0. The average Bonchev–Trinajstić information content (AvgIpc) is 1.74. The summed E-state index contributed by atoms with van der Waals surface area (Å²) in [5.74, 6) is 0. The van der Waals surface area contributed by atoms with E-state index in [1.807, 2.05) is 12.1 Å². The largest absolute Gasteiger partial charge is 0.354 e. The second-order valence-corrected chi connectivity index (χ2v) is 35.6.